The Labute approximate surface area is 163 Å². The molecule has 3 aromatic rings. The molecule has 7 heteroatoms. The molecule has 142 valence electrons. The van der Waals surface area contributed by atoms with E-state index in [1.807, 2.05) is 51.1 Å². The zero-order chi connectivity index (χ0) is 19.4. The van der Waals surface area contributed by atoms with Gasteiger partial charge >= 0.3 is 0 Å². The summed E-state index contributed by atoms with van der Waals surface area (Å²) in [6.45, 7) is 8.36. The van der Waals surface area contributed by atoms with Crippen LogP contribution in [0.2, 0.25) is 0 Å². The van der Waals surface area contributed by atoms with Crippen LogP contribution < -0.4 is 4.74 Å². The van der Waals surface area contributed by atoms with E-state index >= 15 is 0 Å². The maximum absolute atomic E-state index is 10.3. The number of benzene rings is 2. The smallest absolute Gasteiger partial charge is 0.214 e. The number of aryl methyl sites for hydroxylation is 3. The number of aliphatic hydroxyl groups excluding tert-OH is 1. The average molecular weight is 385 g/mol. The standard InChI is InChI=1S/C20H24N4O2S/c1-13-5-9-17(10-6-13)24-20(21-22-23-24)27-12-18(25)11-26-19-15(3)8-7-14(2)16(19)4/h5-10,18,25H,11-12H2,1-4H3/t18-/m1/s1. The average Bonchev–Trinajstić information content (AvgIpc) is 3.12. The Morgan fingerprint density at radius 3 is 2.48 bits per heavy atom. The number of aliphatic hydroxyl groups is 1. The van der Waals surface area contributed by atoms with Crippen LogP contribution in [0.5, 0.6) is 5.75 Å². The molecule has 0 amide bonds. The Kier molecular flexibility index (Phi) is 6.13. The van der Waals surface area contributed by atoms with Crippen molar-refractivity contribution in [1.29, 1.82) is 0 Å². The molecule has 0 aliphatic rings. The van der Waals surface area contributed by atoms with E-state index in [0.29, 0.717) is 10.9 Å². The monoisotopic (exact) mass is 384 g/mol. The molecular weight excluding hydrogens is 360 g/mol. The highest BCUT2D eigenvalue weighted by atomic mass is 32.2. The summed E-state index contributed by atoms with van der Waals surface area (Å²) >= 11 is 1.40. The molecule has 0 saturated carbocycles. The van der Waals surface area contributed by atoms with Crippen molar-refractivity contribution in [3.8, 4) is 11.4 Å². The van der Waals surface area contributed by atoms with Crippen molar-refractivity contribution in [2.24, 2.45) is 0 Å². The predicted molar refractivity (Wildman–Crippen MR) is 107 cm³/mol. The fourth-order valence-corrected chi connectivity index (χ4v) is 3.46. The largest absolute Gasteiger partial charge is 0.490 e. The van der Waals surface area contributed by atoms with Crippen LogP contribution in [0.4, 0.5) is 0 Å². The molecule has 0 radical (unpaired) electrons. The lowest BCUT2D eigenvalue weighted by Crippen LogP contribution is -2.21. The van der Waals surface area contributed by atoms with Gasteiger partial charge in [-0.25, -0.2) is 0 Å². The molecule has 6 nitrogen and oxygen atoms in total. The maximum atomic E-state index is 10.3. The van der Waals surface area contributed by atoms with Crippen LogP contribution in [-0.2, 0) is 0 Å². The summed E-state index contributed by atoms with van der Waals surface area (Å²) in [7, 11) is 0. The summed E-state index contributed by atoms with van der Waals surface area (Å²) in [6, 6.07) is 12.1. The molecule has 1 atom stereocenters. The van der Waals surface area contributed by atoms with Gasteiger partial charge in [0.15, 0.2) is 0 Å². The molecule has 0 unspecified atom stereocenters. The molecule has 1 N–H and O–H groups in total. The summed E-state index contributed by atoms with van der Waals surface area (Å²) < 4.78 is 7.56. The lowest BCUT2D eigenvalue weighted by atomic mass is 10.1. The molecule has 0 bridgehead atoms. The van der Waals surface area contributed by atoms with Gasteiger partial charge in [0.25, 0.3) is 0 Å². The molecule has 0 aliphatic carbocycles. The zero-order valence-corrected chi connectivity index (χ0v) is 16.8. The number of aromatic nitrogens is 4. The van der Waals surface area contributed by atoms with Gasteiger partial charge in [-0.3, -0.25) is 0 Å². The van der Waals surface area contributed by atoms with E-state index in [1.54, 1.807) is 4.68 Å². The van der Waals surface area contributed by atoms with Crippen molar-refractivity contribution in [1.82, 2.24) is 20.2 Å². The minimum absolute atomic E-state index is 0.226. The first-order chi connectivity index (χ1) is 13.0. The lowest BCUT2D eigenvalue weighted by molar-refractivity contribution is 0.125. The molecule has 2 aromatic carbocycles. The van der Waals surface area contributed by atoms with Crippen molar-refractivity contribution in [2.45, 2.75) is 39.0 Å². The molecule has 0 fully saturated rings. The first-order valence-corrected chi connectivity index (χ1v) is 9.80. The maximum Gasteiger partial charge on any atom is 0.214 e. The summed E-state index contributed by atoms with van der Waals surface area (Å²) in [6.07, 6.45) is -0.627. The number of rotatable bonds is 7. The highest BCUT2D eigenvalue weighted by Gasteiger charge is 2.14. The van der Waals surface area contributed by atoms with Gasteiger partial charge in [-0.1, -0.05) is 41.6 Å². The van der Waals surface area contributed by atoms with Crippen LogP contribution in [0.3, 0.4) is 0 Å². The highest BCUT2D eigenvalue weighted by molar-refractivity contribution is 7.99. The van der Waals surface area contributed by atoms with Crippen molar-refractivity contribution in [3.63, 3.8) is 0 Å². The first kappa shape index (κ1) is 19.4. The van der Waals surface area contributed by atoms with Crippen LogP contribution in [0.1, 0.15) is 22.3 Å². The fourth-order valence-electron chi connectivity index (χ4n) is 2.66. The van der Waals surface area contributed by atoms with Gasteiger partial charge < -0.3 is 9.84 Å². The first-order valence-electron chi connectivity index (χ1n) is 8.81. The molecule has 0 spiro atoms. The lowest BCUT2D eigenvalue weighted by Gasteiger charge is -2.16. The Balaban J connectivity index is 1.59. The number of ether oxygens (including phenoxy) is 1. The van der Waals surface area contributed by atoms with Gasteiger partial charge in [-0.2, -0.15) is 4.68 Å². The van der Waals surface area contributed by atoms with Gasteiger partial charge in [0.1, 0.15) is 12.4 Å². The van der Waals surface area contributed by atoms with Gasteiger partial charge in [-0.05, 0) is 66.9 Å². The van der Waals surface area contributed by atoms with E-state index in [9.17, 15) is 5.11 Å². The third kappa shape index (κ3) is 4.67. The van der Waals surface area contributed by atoms with Crippen LogP contribution >= 0.6 is 11.8 Å². The van der Waals surface area contributed by atoms with Gasteiger partial charge in [0, 0.05) is 5.75 Å². The van der Waals surface area contributed by atoms with Gasteiger partial charge in [-0.15, -0.1) is 5.10 Å². The van der Waals surface area contributed by atoms with E-state index in [0.717, 1.165) is 22.6 Å². The predicted octanol–water partition coefficient (Wildman–Crippen LogP) is 3.43. The molecule has 0 aliphatic heterocycles. The normalized spacial score (nSPS) is 12.2. The Hall–Kier alpha value is -2.38. The number of hydrogen-bond acceptors (Lipinski definition) is 6. The van der Waals surface area contributed by atoms with Crippen LogP contribution in [0.25, 0.3) is 5.69 Å². The van der Waals surface area contributed by atoms with Crippen LogP contribution in [0, 0.1) is 27.7 Å². The minimum atomic E-state index is -0.627. The quantitative estimate of drug-likeness (QED) is 0.629. The number of nitrogens with zero attached hydrogens (tertiary/aromatic N) is 4. The van der Waals surface area contributed by atoms with Crippen molar-refractivity contribution >= 4 is 11.8 Å². The van der Waals surface area contributed by atoms with Crippen molar-refractivity contribution in [2.75, 3.05) is 12.4 Å². The van der Waals surface area contributed by atoms with E-state index < -0.39 is 6.10 Å². The second-order valence-electron chi connectivity index (χ2n) is 6.64. The molecule has 1 heterocycles. The van der Waals surface area contributed by atoms with Gasteiger partial charge in [0.2, 0.25) is 5.16 Å². The summed E-state index contributed by atoms with van der Waals surface area (Å²) in [4.78, 5) is 0. The second-order valence-corrected chi connectivity index (χ2v) is 7.63. The second kappa shape index (κ2) is 8.54. The number of thioether (sulfide) groups is 1. The SMILES string of the molecule is Cc1ccc(-n2nnnc2SC[C@H](O)COc2c(C)ccc(C)c2C)cc1. The van der Waals surface area contributed by atoms with Crippen molar-refractivity contribution in [3.05, 3.63) is 58.7 Å². The molecule has 3 rings (SSSR count). The third-order valence-corrected chi connectivity index (χ3v) is 5.48. The number of hydrogen-bond donors (Lipinski definition) is 1. The van der Waals surface area contributed by atoms with E-state index in [4.69, 9.17) is 4.74 Å². The summed E-state index contributed by atoms with van der Waals surface area (Å²) in [5.74, 6) is 1.29. The van der Waals surface area contributed by atoms with E-state index in [2.05, 4.69) is 28.5 Å². The molecule has 27 heavy (non-hydrogen) atoms. The summed E-state index contributed by atoms with van der Waals surface area (Å²) in [5, 5.41) is 22.8. The summed E-state index contributed by atoms with van der Waals surface area (Å²) in [5.41, 5.74) is 5.43. The van der Waals surface area contributed by atoms with Gasteiger partial charge in [0.05, 0.1) is 11.8 Å². The number of tetrazole rings is 1. The van der Waals surface area contributed by atoms with E-state index in [1.165, 1.54) is 22.9 Å². The molecular formula is C20H24N4O2S. The Bertz CT molecular complexity index is 909. The van der Waals surface area contributed by atoms with Crippen LogP contribution in [-0.4, -0.2) is 43.8 Å². The molecule has 1 aromatic heterocycles. The van der Waals surface area contributed by atoms with E-state index in [-0.39, 0.29) is 6.61 Å². The molecule has 0 saturated heterocycles. The zero-order valence-electron chi connectivity index (χ0n) is 16.0. The minimum Gasteiger partial charge on any atom is -0.490 e. The fraction of sp³-hybridized carbons (Fsp3) is 0.350. The highest BCUT2D eigenvalue weighted by Crippen LogP contribution is 2.26. The van der Waals surface area contributed by atoms with Crippen molar-refractivity contribution < 1.29 is 9.84 Å². The Morgan fingerprint density at radius 1 is 1.04 bits per heavy atom. The Morgan fingerprint density at radius 2 is 1.74 bits per heavy atom. The third-order valence-electron chi connectivity index (χ3n) is 4.42. The topological polar surface area (TPSA) is 73.1 Å². The van der Waals surface area contributed by atoms with Crippen LogP contribution in [0.15, 0.2) is 41.6 Å².